The van der Waals surface area contributed by atoms with Crippen molar-refractivity contribution in [2.24, 2.45) is 0 Å². The van der Waals surface area contributed by atoms with Crippen molar-refractivity contribution in [1.29, 1.82) is 0 Å². The Morgan fingerprint density at radius 1 is 1.30 bits per heavy atom. The van der Waals surface area contributed by atoms with Gasteiger partial charge >= 0.3 is 0 Å². The molecule has 124 valence electrons. The lowest BCUT2D eigenvalue weighted by Gasteiger charge is -2.35. The van der Waals surface area contributed by atoms with Crippen molar-refractivity contribution in [1.82, 2.24) is 10.2 Å². The van der Waals surface area contributed by atoms with Crippen LogP contribution in [-0.2, 0) is 10.0 Å². The van der Waals surface area contributed by atoms with Crippen molar-refractivity contribution in [2.45, 2.75) is 42.9 Å². The van der Waals surface area contributed by atoms with Crippen LogP contribution in [0.15, 0.2) is 33.9 Å². The van der Waals surface area contributed by atoms with Crippen molar-refractivity contribution in [3.05, 3.63) is 29.6 Å². The molecule has 1 aliphatic heterocycles. The lowest BCUT2D eigenvalue weighted by molar-refractivity contribution is 0.445. The highest BCUT2D eigenvalue weighted by Gasteiger charge is 2.22. The molecule has 2 aromatic heterocycles. The van der Waals surface area contributed by atoms with Gasteiger partial charge in [-0.25, -0.2) is 8.42 Å². The van der Waals surface area contributed by atoms with Gasteiger partial charge in [-0.15, -0.1) is 21.5 Å². The number of hydrogen-bond donors (Lipinski definition) is 1. The molecule has 0 spiro atoms. The lowest BCUT2D eigenvalue weighted by Crippen LogP contribution is -2.39. The molecule has 1 aliphatic rings. The summed E-state index contributed by atoms with van der Waals surface area (Å²) in [4.78, 5) is 2.27. The lowest BCUT2D eigenvalue weighted by atomic mass is 10.0. The summed E-state index contributed by atoms with van der Waals surface area (Å²) in [7, 11) is -3.57. The molecule has 1 N–H and O–H groups in total. The highest BCUT2D eigenvalue weighted by Crippen LogP contribution is 2.25. The molecule has 1 fully saturated rings. The SMILES string of the molecule is CCC1CCCCN1c1ccc(NS(=O)(=O)c2cccs2)nn1. The van der Waals surface area contributed by atoms with E-state index in [2.05, 4.69) is 26.7 Å². The van der Waals surface area contributed by atoms with Crippen molar-refractivity contribution in [3.8, 4) is 0 Å². The van der Waals surface area contributed by atoms with Crippen LogP contribution in [0.2, 0.25) is 0 Å². The van der Waals surface area contributed by atoms with Gasteiger partial charge < -0.3 is 4.90 Å². The van der Waals surface area contributed by atoms with E-state index in [1.807, 2.05) is 6.07 Å². The predicted molar refractivity (Wildman–Crippen MR) is 92.4 cm³/mol. The molecule has 0 aliphatic carbocycles. The van der Waals surface area contributed by atoms with Gasteiger partial charge in [0.2, 0.25) is 0 Å². The third-order valence-corrected chi connectivity index (χ3v) is 6.79. The molecule has 1 saturated heterocycles. The first-order valence-corrected chi connectivity index (χ1v) is 10.1. The second kappa shape index (κ2) is 6.84. The molecule has 2 aromatic rings. The number of aromatic nitrogens is 2. The molecule has 0 radical (unpaired) electrons. The maximum absolute atomic E-state index is 12.2. The van der Waals surface area contributed by atoms with Crippen molar-refractivity contribution < 1.29 is 8.42 Å². The first-order valence-electron chi connectivity index (χ1n) is 7.77. The van der Waals surface area contributed by atoms with Crippen LogP contribution < -0.4 is 9.62 Å². The van der Waals surface area contributed by atoms with Crippen molar-refractivity contribution >= 4 is 33.0 Å². The van der Waals surface area contributed by atoms with Crippen LogP contribution in [0.1, 0.15) is 32.6 Å². The third kappa shape index (κ3) is 3.64. The Kier molecular flexibility index (Phi) is 4.82. The summed E-state index contributed by atoms with van der Waals surface area (Å²) in [5, 5.41) is 9.99. The number of sulfonamides is 1. The van der Waals surface area contributed by atoms with Gasteiger partial charge in [0.1, 0.15) is 4.21 Å². The fourth-order valence-corrected chi connectivity index (χ4v) is 4.85. The van der Waals surface area contributed by atoms with E-state index in [-0.39, 0.29) is 10.0 Å². The first-order chi connectivity index (χ1) is 11.1. The van der Waals surface area contributed by atoms with Crippen LogP contribution in [0.5, 0.6) is 0 Å². The zero-order valence-electron chi connectivity index (χ0n) is 13.0. The van der Waals surface area contributed by atoms with Crippen LogP contribution in [0.4, 0.5) is 11.6 Å². The number of hydrogen-bond acceptors (Lipinski definition) is 6. The monoisotopic (exact) mass is 352 g/mol. The molecule has 0 aromatic carbocycles. The largest absolute Gasteiger partial charge is 0.352 e. The average Bonchev–Trinajstić information content (AvgIpc) is 3.11. The normalized spacial score (nSPS) is 18.8. The number of rotatable bonds is 5. The Labute approximate surface area is 140 Å². The standard InChI is InChI=1S/C15H20N4O2S2/c1-2-12-6-3-4-10-19(12)14-9-8-13(16-17-14)18-23(20,21)15-7-5-11-22-15/h5,7-9,11-12H,2-4,6,10H2,1H3,(H,16,18). The summed E-state index contributed by atoms with van der Waals surface area (Å²) in [5.41, 5.74) is 0. The molecular formula is C15H20N4O2S2. The van der Waals surface area contributed by atoms with E-state index in [4.69, 9.17) is 0 Å². The quantitative estimate of drug-likeness (QED) is 0.895. The molecule has 0 saturated carbocycles. The van der Waals surface area contributed by atoms with Gasteiger partial charge in [0, 0.05) is 12.6 Å². The van der Waals surface area contributed by atoms with Gasteiger partial charge in [-0.3, -0.25) is 4.72 Å². The fraction of sp³-hybridized carbons (Fsp3) is 0.467. The number of piperidine rings is 1. The molecule has 3 rings (SSSR count). The zero-order valence-corrected chi connectivity index (χ0v) is 14.6. The zero-order chi connectivity index (χ0) is 16.3. The minimum absolute atomic E-state index is 0.243. The van der Waals surface area contributed by atoms with Crippen molar-refractivity contribution in [2.75, 3.05) is 16.2 Å². The molecule has 0 bridgehead atoms. The summed E-state index contributed by atoms with van der Waals surface area (Å²) in [6, 6.07) is 7.28. The second-order valence-electron chi connectivity index (χ2n) is 5.57. The molecule has 1 atom stereocenters. The Bertz CT molecular complexity index is 729. The van der Waals surface area contributed by atoms with Gasteiger partial charge in [-0.1, -0.05) is 13.0 Å². The first kappa shape index (κ1) is 16.2. The number of nitrogens with zero attached hydrogens (tertiary/aromatic N) is 3. The van der Waals surface area contributed by atoms with E-state index in [1.165, 1.54) is 24.2 Å². The van der Waals surface area contributed by atoms with Gasteiger partial charge in [0.25, 0.3) is 10.0 Å². The van der Waals surface area contributed by atoms with E-state index in [9.17, 15) is 8.42 Å². The van der Waals surface area contributed by atoms with E-state index in [0.717, 1.165) is 25.2 Å². The summed E-state index contributed by atoms with van der Waals surface area (Å²) in [6.45, 7) is 3.16. The van der Waals surface area contributed by atoms with Crippen LogP contribution in [0, 0.1) is 0 Å². The third-order valence-electron chi connectivity index (χ3n) is 4.04. The van der Waals surface area contributed by atoms with Crippen LogP contribution >= 0.6 is 11.3 Å². The van der Waals surface area contributed by atoms with Crippen LogP contribution in [-0.4, -0.2) is 31.2 Å². The Hall–Kier alpha value is -1.67. The summed E-state index contributed by atoms with van der Waals surface area (Å²) < 4.78 is 27.1. The Balaban J connectivity index is 1.74. The maximum atomic E-state index is 12.2. The van der Waals surface area contributed by atoms with Gasteiger partial charge in [0.05, 0.1) is 0 Å². The minimum Gasteiger partial charge on any atom is -0.352 e. The highest BCUT2D eigenvalue weighted by molar-refractivity contribution is 7.94. The smallest absolute Gasteiger partial charge is 0.272 e. The topological polar surface area (TPSA) is 75.2 Å². The second-order valence-corrected chi connectivity index (χ2v) is 8.42. The van der Waals surface area contributed by atoms with E-state index < -0.39 is 10.0 Å². The number of nitrogens with one attached hydrogen (secondary N) is 1. The summed E-state index contributed by atoms with van der Waals surface area (Å²) in [5.74, 6) is 1.06. The van der Waals surface area contributed by atoms with Crippen molar-refractivity contribution in [3.63, 3.8) is 0 Å². The number of anilines is 2. The molecule has 0 amide bonds. The molecule has 1 unspecified atom stereocenters. The van der Waals surface area contributed by atoms with Gasteiger partial charge in [-0.2, -0.15) is 0 Å². The average molecular weight is 352 g/mol. The molecule has 6 nitrogen and oxygen atoms in total. The predicted octanol–water partition coefficient (Wildman–Crippen LogP) is 3.11. The number of thiophene rings is 1. The molecule has 23 heavy (non-hydrogen) atoms. The molecule has 8 heteroatoms. The van der Waals surface area contributed by atoms with E-state index in [1.54, 1.807) is 23.6 Å². The fourth-order valence-electron chi connectivity index (χ4n) is 2.86. The summed E-state index contributed by atoms with van der Waals surface area (Å²) in [6.07, 6.45) is 4.66. The Morgan fingerprint density at radius 3 is 2.83 bits per heavy atom. The maximum Gasteiger partial charge on any atom is 0.272 e. The molecule has 3 heterocycles. The molecular weight excluding hydrogens is 332 g/mol. The minimum atomic E-state index is -3.57. The summed E-state index contributed by atoms with van der Waals surface area (Å²) >= 11 is 1.17. The van der Waals surface area contributed by atoms with E-state index >= 15 is 0 Å². The Morgan fingerprint density at radius 2 is 2.17 bits per heavy atom. The van der Waals surface area contributed by atoms with Gasteiger partial charge in [-0.05, 0) is 49.3 Å². The van der Waals surface area contributed by atoms with Crippen LogP contribution in [0.25, 0.3) is 0 Å². The highest BCUT2D eigenvalue weighted by atomic mass is 32.2. The van der Waals surface area contributed by atoms with Gasteiger partial charge in [0.15, 0.2) is 11.6 Å². The van der Waals surface area contributed by atoms with Crippen LogP contribution in [0.3, 0.4) is 0 Å². The van der Waals surface area contributed by atoms with E-state index in [0.29, 0.717) is 6.04 Å².